The first-order valence-corrected chi connectivity index (χ1v) is 9.65. The second kappa shape index (κ2) is 13.4. The van der Waals surface area contributed by atoms with Crippen LogP contribution in [-0.2, 0) is 0 Å². The van der Waals surface area contributed by atoms with Crippen LogP contribution in [0.4, 0.5) is 0 Å². The van der Waals surface area contributed by atoms with Crippen molar-refractivity contribution in [3.63, 3.8) is 0 Å². The zero-order chi connectivity index (χ0) is 9.78. The van der Waals surface area contributed by atoms with E-state index in [4.69, 9.17) is 0 Å². The Morgan fingerprint density at radius 1 is 0.615 bits per heavy atom. The Hall–Kier alpha value is 1.40. The lowest BCUT2D eigenvalue weighted by atomic mass is 10.6. The van der Waals surface area contributed by atoms with Gasteiger partial charge in [0.05, 0.1) is 0 Å². The maximum Gasteiger partial charge on any atom is 0.00234 e. The van der Waals surface area contributed by atoms with Crippen molar-refractivity contribution in [3.05, 3.63) is 0 Å². The van der Waals surface area contributed by atoms with Crippen LogP contribution in [0.2, 0.25) is 0 Å². The van der Waals surface area contributed by atoms with Gasteiger partial charge >= 0.3 is 0 Å². The van der Waals surface area contributed by atoms with E-state index in [1.54, 1.807) is 0 Å². The zero-order valence-corrected chi connectivity index (χ0v) is 11.8. The van der Waals surface area contributed by atoms with Crippen LogP contribution in [0.1, 0.15) is 6.42 Å². The smallest absolute Gasteiger partial charge is 0.00234 e. The fourth-order valence-electron chi connectivity index (χ4n) is 0.752. The van der Waals surface area contributed by atoms with Crippen LogP contribution in [0.25, 0.3) is 0 Å². The molecule has 80 valence electrons. The molecule has 0 N–H and O–H groups in total. The van der Waals surface area contributed by atoms with Crippen LogP contribution in [0, 0.1) is 0 Å². The van der Waals surface area contributed by atoms with Crippen molar-refractivity contribution >= 4 is 47.0 Å². The van der Waals surface area contributed by atoms with Gasteiger partial charge in [-0.25, -0.2) is 0 Å². The molecule has 0 heterocycles. The summed E-state index contributed by atoms with van der Waals surface area (Å²) in [5.74, 6) is 7.99. The minimum Gasteiger partial charge on any atom is -0.165 e. The van der Waals surface area contributed by atoms with E-state index in [9.17, 15) is 0 Å². The Balaban J connectivity index is 2.76. The average Bonchev–Trinajstić information content (AvgIpc) is 2.16. The summed E-state index contributed by atoms with van der Waals surface area (Å²) in [6.45, 7) is 0. The predicted octanol–water partition coefficient (Wildman–Crippen LogP) is 3.57. The maximum atomic E-state index is 2.18. The molecule has 0 aromatic rings. The number of hydrogen-bond acceptors (Lipinski definition) is 4. The molecular weight excluding hydrogens is 236 g/mol. The molecule has 0 aromatic carbocycles. The molecule has 0 aliphatic heterocycles. The van der Waals surface area contributed by atoms with Gasteiger partial charge in [0.15, 0.2) is 0 Å². The fraction of sp³-hybridized carbons (Fsp3) is 1.00. The van der Waals surface area contributed by atoms with Crippen molar-refractivity contribution in [2.75, 3.05) is 47.0 Å². The molecule has 0 fully saturated rings. The quantitative estimate of drug-likeness (QED) is 0.548. The van der Waals surface area contributed by atoms with Crippen LogP contribution in [0.5, 0.6) is 0 Å². The fourth-order valence-corrected chi connectivity index (χ4v) is 4.32. The van der Waals surface area contributed by atoms with Crippen molar-refractivity contribution in [2.24, 2.45) is 0 Å². The minimum atomic E-state index is 1.31. The van der Waals surface area contributed by atoms with Gasteiger partial charge in [-0.2, -0.15) is 47.0 Å². The zero-order valence-electron chi connectivity index (χ0n) is 8.58. The first-order valence-electron chi connectivity index (χ1n) is 4.55. The van der Waals surface area contributed by atoms with Crippen molar-refractivity contribution in [1.82, 2.24) is 0 Å². The first-order chi connectivity index (χ1) is 6.41. The number of rotatable bonds is 10. The summed E-state index contributed by atoms with van der Waals surface area (Å²) >= 11 is 8.10. The molecule has 0 saturated carbocycles. The SMILES string of the molecule is CSCCSCCCSCCSC. The van der Waals surface area contributed by atoms with E-state index < -0.39 is 0 Å². The van der Waals surface area contributed by atoms with Gasteiger partial charge in [0.2, 0.25) is 0 Å². The molecule has 0 aliphatic rings. The van der Waals surface area contributed by atoms with Gasteiger partial charge in [0.25, 0.3) is 0 Å². The largest absolute Gasteiger partial charge is 0.165 e. The van der Waals surface area contributed by atoms with E-state index in [1.165, 1.54) is 40.9 Å². The third kappa shape index (κ3) is 13.4. The molecule has 0 spiro atoms. The molecule has 0 amide bonds. The second-order valence-electron chi connectivity index (χ2n) is 2.56. The van der Waals surface area contributed by atoms with Crippen LogP contribution in [0.15, 0.2) is 0 Å². The van der Waals surface area contributed by atoms with Gasteiger partial charge in [-0.05, 0) is 30.4 Å². The summed E-state index contributed by atoms with van der Waals surface area (Å²) in [4.78, 5) is 0. The topological polar surface area (TPSA) is 0 Å². The highest BCUT2D eigenvalue weighted by atomic mass is 32.2. The summed E-state index contributed by atoms with van der Waals surface area (Å²) in [6, 6.07) is 0. The van der Waals surface area contributed by atoms with Gasteiger partial charge in [-0.15, -0.1) is 0 Å². The third-order valence-electron chi connectivity index (χ3n) is 1.44. The number of hydrogen-bond donors (Lipinski definition) is 0. The molecule has 0 saturated heterocycles. The number of thioether (sulfide) groups is 4. The molecule has 0 aromatic heterocycles. The van der Waals surface area contributed by atoms with E-state index in [1.807, 2.05) is 23.5 Å². The lowest BCUT2D eigenvalue weighted by Gasteiger charge is -2.00. The molecule has 4 heteroatoms. The van der Waals surface area contributed by atoms with Crippen molar-refractivity contribution in [3.8, 4) is 0 Å². The molecule has 0 bridgehead atoms. The van der Waals surface area contributed by atoms with Gasteiger partial charge < -0.3 is 0 Å². The molecule has 0 atom stereocenters. The highest BCUT2D eigenvalue weighted by Crippen LogP contribution is 2.10. The van der Waals surface area contributed by atoms with Gasteiger partial charge in [0.1, 0.15) is 0 Å². The Morgan fingerprint density at radius 3 is 1.46 bits per heavy atom. The summed E-state index contributed by atoms with van der Waals surface area (Å²) in [5.41, 5.74) is 0. The molecule has 0 radical (unpaired) electrons. The standard InChI is InChI=1S/C9H20S4/c1-10-6-8-12-4-3-5-13-9-7-11-2/h3-9H2,1-2H3. The molecular formula is C9H20S4. The highest BCUT2D eigenvalue weighted by molar-refractivity contribution is 8.03. The third-order valence-corrected chi connectivity index (χ3v) is 5.32. The van der Waals surface area contributed by atoms with Crippen LogP contribution >= 0.6 is 47.0 Å². The molecule has 13 heavy (non-hydrogen) atoms. The molecule has 0 unspecified atom stereocenters. The van der Waals surface area contributed by atoms with Gasteiger partial charge in [0, 0.05) is 23.0 Å². The monoisotopic (exact) mass is 256 g/mol. The predicted molar refractivity (Wildman–Crippen MR) is 76.0 cm³/mol. The molecule has 0 aliphatic carbocycles. The Labute approximate surface area is 100 Å². The van der Waals surface area contributed by atoms with E-state index >= 15 is 0 Å². The lowest BCUT2D eigenvalue weighted by Crippen LogP contribution is -1.90. The van der Waals surface area contributed by atoms with E-state index in [0.717, 1.165) is 0 Å². The van der Waals surface area contributed by atoms with Gasteiger partial charge in [-0.3, -0.25) is 0 Å². The minimum absolute atomic E-state index is 1.31. The summed E-state index contributed by atoms with van der Waals surface area (Å²) in [5, 5.41) is 0. The van der Waals surface area contributed by atoms with Crippen molar-refractivity contribution in [2.45, 2.75) is 6.42 Å². The molecule has 0 nitrogen and oxygen atoms in total. The van der Waals surface area contributed by atoms with Crippen molar-refractivity contribution < 1.29 is 0 Å². The normalized spacial score (nSPS) is 10.6. The summed E-state index contributed by atoms with van der Waals surface area (Å²) in [7, 11) is 0. The lowest BCUT2D eigenvalue weighted by molar-refractivity contribution is 1.12. The van der Waals surface area contributed by atoms with Crippen LogP contribution in [0.3, 0.4) is 0 Å². The Bertz CT molecular complexity index is 77.7. The first kappa shape index (κ1) is 14.4. The summed E-state index contributed by atoms with van der Waals surface area (Å²) < 4.78 is 0. The maximum absolute atomic E-state index is 2.18. The van der Waals surface area contributed by atoms with Gasteiger partial charge in [-0.1, -0.05) is 0 Å². The Kier molecular flexibility index (Phi) is 14.8. The van der Waals surface area contributed by atoms with Crippen molar-refractivity contribution in [1.29, 1.82) is 0 Å². The summed E-state index contributed by atoms with van der Waals surface area (Å²) in [6.07, 6.45) is 5.75. The Morgan fingerprint density at radius 2 is 1.08 bits per heavy atom. The highest BCUT2D eigenvalue weighted by Gasteiger charge is 1.91. The van der Waals surface area contributed by atoms with Crippen LogP contribution in [-0.4, -0.2) is 47.0 Å². The van der Waals surface area contributed by atoms with E-state index in [2.05, 4.69) is 36.0 Å². The second-order valence-corrected chi connectivity index (χ2v) is 6.98. The van der Waals surface area contributed by atoms with E-state index in [-0.39, 0.29) is 0 Å². The van der Waals surface area contributed by atoms with E-state index in [0.29, 0.717) is 0 Å². The molecule has 0 rings (SSSR count). The average molecular weight is 257 g/mol. The van der Waals surface area contributed by atoms with Crippen LogP contribution < -0.4 is 0 Å².